The molecule has 1 saturated heterocycles. The second kappa shape index (κ2) is 8.39. The summed E-state index contributed by atoms with van der Waals surface area (Å²) in [7, 11) is 0. The number of carbonyl (C=O) groups is 1. The molecule has 0 bridgehead atoms. The van der Waals surface area contributed by atoms with Gasteiger partial charge in [-0.15, -0.1) is 5.10 Å². The quantitative estimate of drug-likeness (QED) is 0.367. The molecular weight excluding hydrogens is 529 g/mol. The molecule has 8 nitrogen and oxygen atoms in total. The number of fused-ring (bicyclic) bond motifs is 1. The Morgan fingerprint density at radius 1 is 0.968 bits per heavy atom. The molecule has 0 spiro atoms. The molecule has 0 aliphatic carbocycles. The van der Waals surface area contributed by atoms with E-state index in [0.717, 1.165) is 20.6 Å². The summed E-state index contributed by atoms with van der Waals surface area (Å²) in [5.41, 5.74) is 2.83. The fourth-order valence-electron chi connectivity index (χ4n) is 3.65. The number of halogens is 2. The first-order valence-corrected chi connectivity index (χ1v) is 11.2. The van der Waals surface area contributed by atoms with Crippen LogP contribution in [0.15, 0.2) is 54.9 Å². The molecule has 5 rings (SSSR count). The maximum absolute atomic E-state index is 12.9. The molecule has 2 aromatic heterocycles. The van der Waals surface area contributed by atoms with Crippen molar-refractivity contribution in [3.63, 3.8) is 0 Å². The minimum absolute atomic E-state index is 0.0613. The summed E-state index contributed by atoms with van der Waals surface area (Å²) in [5.74, 6) is 0.790. The van der Waals surface area contributed by atoms with Gasteiger partial charge in [-0.3, -0.25) is 4.79 Å². The van der Waals surface area contributed by atoms with Gasteiger partial charge in [-0.1, -0.05) is 28.9 Å². The monoisotopic (exact) mass is 545 g/mol. The fourth-order valence-corrected chi connectivity index (χ4v) is 4.39. The number of aromatic nitrogens is 5. The van der Waals surface area contributed by atoms with Gasteiger partial charge in [-0.2, -0.15) is 4.68 Å². The van der Waals surface area contributed by atoms with Gasteiger partial charge in [0.2, 0.25) is 0 Å². The van der Waals surface area contributed by atoms with Crippen LogP contribution in [0.5, 0.6) is 0 Å². The summed E-state index contributed by atoms with van der Waals surface area (Å²) >= 11 is 8.20. The normalized spacial score (nSPS) is 14.3. The lowest BCUT2D eigenvalue weighted by molar-refractivity contribution is 0.0745. The predicted molar refractivity (Wildman–Crippen MR) is 127 cm³/mol. The highest BCUT2D eigenvalue weighted by atomic mass is 127. The molecule has 0 atom stereocenters. The largest absolute Gasteiger partial charge is 0.351 e. The SMILES string of the molecule is O=C(c1ccccc1I)N1CCN(c2ncnc3c2nnn3-c2ccc(Cl)cc2)CC1. The van der Waals surface area contributed by atoms with Gasteiger partial charge in [0.25, 0.3) is 5.91 Å². The number of rotatable bonds is 3. The molecule has 1 aliphatic heterocycles. The molecule has 156 valence electrons. The molecule has 2 aromatic carbocycles. The molecule has 1 fully saturated rings. The number of nitrogens with zero attached hydrogens (tertiary/aromatic N) is 7. The maximum Gasteiger partial charge on any atom is 0.255 e. The number of benzene rings is 2. The van der Waals surface area contributed by atoms with Crippen molar-refractivity contribution in [1.29, 1.82) is 0 Å². The van der Waals surface area contributed by atoms with E-state index in [4.69, 9.17) is 11.6 Å². The highest BCUT2D eigenvalue weighted by Gasteiger charge is 2.26. The second-order valence-corrected chi connectivity index (χ2v) is 8.70. The zero-order valence-electron chi connectivity index (χ0n) is 16.3. The summed E-state index contributed by atoms with van der Waals surface area (Å²) in [4.78, 5) is 25.8. The molecule has 1 aliphatic rings. The van der Waals surface area contributed by atoms with E-state index in [1.807, 2.05) is 41.3 Å². The van der Waals surface area contributed by atoms with Crippen LogP contribution in [0.1, 0.15) is 10.4 Å². The standard InChI is InChI=1S/C21H17ClIN7O/c22-14-5-7-15(8-6-14)30-20-18(26-27-30)19(24-13-25-20)28-9-11-29(12-10-28)21(31)16-3-1-2-4-17(16)23/h1-8,13H,9-12H2. The van der Waals surface area contributed by atoms with Crippen LogP contribution < -0.4 is 4.90 Å². The van der Waals surface area contributed by atoms with Crippen LogP contribution in [-0.2, 0) is 0 Å². The molecule has 0 unspecified atom stereocenters. The third-order valence-electron chi connectivity index (χ3n) is 5.26. The third-order valence-corrected chi connectivity index (χ3v) is 6.45. The van der Waals surface area contributed by atoms with Crippen LogP contribution in [0, 0.1) is 3.57 Å². The number of hydrogen-bond donors (Lipinski definition) is 0. The topological polar surface area (TPSA) is 80.0 Å². The molecule has 31 heavy (non-hydrogen) atoms. The first-order valence-electron chi connectivity index (χ1n) is 9.73. The van der Waals surface area contributed by atoms with Crippen LogP contribution in [0.25, 0.3) is 16.9 Å². The number of anilines is 1. The van der Waals surface area contributed by atoms with E-state index in [1.54, 1.807) is 16.8 Å². The Kier molecular flexibility index (Phi) is 5.45. The zero-order chi connectivity index (χ0) is 21.4. The molecule has 10 heteroatoms. The van der Waals surface area contributed by atoms with Crippen LogP contribution in [0.2, 0.25) is 5.02 Å². The zero-order valence-corrected chi connectivity index (χ0v) is 19.2. The Morgan fingerprint density at radius 3 is 2.45 bits per heavy atom. The number of hydrogen-bond acceptors (Lipinski definition) is 6. The highest BCUT2D eigenvalue weighted by molar-refractivity contribution is 14.1. The molecule has 0 radical (unpaired) electrons. The van der Waals surface area contributed by atoms with Crippen molar-refractivity contribution in [2.45, 2.75) is 0 Å². The summed E-state index contributed by atoms with van der Waals surface area (Å²) in [6.45, 7) is 2.55. The first-order chi connectivity index (χ1) is 15.1. The van der Waals surface area contributed by atoms with Crippen molar-refractivity contribution < 1.29 is 4.79 Å². The van der Waals surface area contributed by atoms with E-state index in [0.29, 0.717) is 42.4 Å². The van der Waals surface area contributed by atoms with E-state index in [9.17, 15) is 4.79 Å². The minimum atomic E-state index is 0.0613. The smallest absolute Gasteiger partial charge is 0.255 e. The van der Waals surface area contributed by atoms with Crippen LogP contribution in [-0.4, -0.2) is 61.9 Å². The van der Waals surface area contributed by atoms with E-state index in [2.05, 4.69) is 47.8 Å². The third kappa shape index (κ3) is 3.83. The van der Waals surface area contributed by atoms with E-state index in [-0.39, 0.29) is 5.91 Å². The molecular formula is C21H17ClIN7O. The lowest BCUT2D eigenvalue weighted by atomic mass is 10.2. The Bertz CT molecular complexity index is 1250. The van der Waals surface area contributed by atoms with E-state index < -0.39 is 0 Å². The van der Waals surface area contributed by atoms with Gasteiger partial charge in [0.05, 0.1) is 11.3 Å². The van der Waals surface area contributed by atoms with Crippen molar-refractivity contribution in [2.75, 3.05) is 31.1 Å². The predicted octanol–water partition coefficient (Wildman–Crippen LogP) is 3.43. The average Bonchev–Trinajstić information content (AvgIpc) is 3.24. The average molecular weight is 546 g/mol. The van der Waals surface area contributed by atoms with Crippen LogP contribution in [0.3, 0.4) is 0 Å². The summed E-state index contributed by atoms with van der Waals surface area (Å²) in [6, 6.07) is 15.0. The van der Waals surface area contributed by atoms with Crippen LogP contribution >= 0.6 is 34.2 Å². The van der Waals surface area contributed by atoms with Gasteiger partial charge in [-0.25, -0.2) is 9.97 Å². The van der Waals surface area contributed by atoms with Gasteiger partial charge >= 0.3 is 0 Å². The number of carbonyl (C=O) groups excluding carboxylic acids is 1. The van der Waals surface area contributed by atoms with Crippen LogP contribution in [0.4, 0.5) is 5.82 Å². The Balaban J connectivity index is 1.37. The molecule has 4 aromatic rings. The van der Waals surface area contributed by atoms with Crippen molar-refractivity contribution in [2.24, 2.45) is 0 Å². The highest BCUT2D eigenvalue weighted by Crippen LogP contribution is 2.25. The molecule has 1 amide bonds. The van der Waals surface area contributed by atoms with Crippen molar-refractivity contribution in [1.82, 2.24) is 29.9 Å². The number of piperazine rings is 1. The fraction of sp³-hybridized carbons (Fsp3) is 0.190. The molecule has 0 N–H and O–H groups in total. The van der Waals surface area contributed by atoms with Gasteiger partial charge in [0, 0.05) is 34.8 Å². The molecule has 0 saturated carbocycles. The Labute approximate surface area is 197 Å². The molecule has 3 heterocycles. The van der Waals surface area contributed by atoms with Gasteiger partial charge < -0.3 is 9.80 Å². The van der Waals surface area contributed by atoms with Crippen molar-refractivity contribution in [3.8, 4) is 5.69 Å². The maximum atomic E-state index is 12.9. The Morgan fingerprint density at radius 2 is 1.71 bits per heavy atom. The first kappa shape index (κ1) is 20.1. The van der Waals surface area contributed by atoms with Crippen molar-refractivity contribution >= 4 is 57.1 Å². The van der Waals surface area contributed by atoms with Crippen molar-refractivity contribution in [3.05, 3.63) is 69.0 Å². The lowest BCUT2D eigenvalue weighted by Gasteiger charge is -2.35. The summed E-state index contributed by atoms with van der Waals surface area (Å²) < 4.78 is 2.64. The minimum Gasteiger partial charge on any atom is -0.351 e. The Hall–Kier alpha value is -2.79. The van der Waals surface area contributed by atoms with Gasteiger partial charge in [-0.05, 0) is 59.0 Å². The van der Waals surface area contributed by atoms with Gasteiger partial charge in [0.1, 0.15) is 6.33 Å². The summed E-state index contributed by atoms with van der Waals surface area (Å²) in [5, 5.41) is 9.26. The lowest BCUT2D eigenvalue weighted by Crippen LogP contribution is -2.49. The second-order valence-electron chi connectivity index (χ2n) is 7.11. The van der Waals surface area contributed by atoms with E-state index in [1.165, 1.54) is 6.33 Å². The van der Waals surface area contributed by atoms with Gasteiger partial charge in [0.15, 0.2) is 17.0 Å². The summed E-state index contributed by atoms with van der Waals surface area (Å²) in [6.07, 6.45) is 1.53. The van der Waals surface area contributed by atoms with E-state index >= 15 is 0 Å². The number of amides is 1.